The summed E-state index contributed by atoms with van der Waals surface area (Å²) < 4.78 is 13.3. The molecule has 0 bridgehead atoms. The van der Waals surface area contributed by atoms with Crippen LogP contribution in [0.5, 0.6) is 0 Å². The molecule has 0 radical (unpaired) electrons. The Morgan fingerprint density at radius 1 is 1.46 bits per heavy atom. The van der Waals surface area contributed by atoms with E-state index in [9.17, 15) is 4.79 Å². The Morgan fingerprint density at radius 3 is 3.15 bits per heavy atom. The zero-order valence-electron chi connectivity index (χ0n) is 15.0. The second-order valence-corrected chi connectivity index (χ2v) is 8.01. The van der Waals surface area contributed by atoms with Gasteiger partial charge >= 0.3 is 0 Å². The highest BCUT2D eigenvalue weighted by molar-refractivity contribution is 7.15. The van der Waals surface area contributed by atoms with Gasteiger partial charge in [-0.15, -0.1) is 11.3 Å². The summed E-state index contributed by atoms with van der Waals surface area (Å²) in [6.45, 7) is 2.00. The Kier molecular flexibility index (Phi) is 5.11. The van der Waals surface area contributed by atoms with E-state index in [1.54, 1.807) is 23.8 Å². The molecule has 0 amide bonds. The van der Waals surface area contributed by atoms with Gasteiger partial charge in [0.15, 0.2) is 4.96 Å². The molecule has 1 saturated carbocycles. The number of likely N-dealkylation sites (tertiary alicyclic amines) is 1. The molecule has 1 aliphatic carbocycles. The van der Waals surface area contributed by atoms with Gasteiger partial charge in [-0.25, -0.2) is 4.98 Å². The molecule has 8 heteroatoms. The molecular formula is C18H25N3O4S. The summed E-state index contributed by atoms with van der Waals surface area (Å²) in [4.78, 5) is 20.0. The van der Waals surface area contributed by atoms with Gasteiger partial charge in [-0.1, -0.05) is 0 Å². The molecule has 3 atom stereocenters. The van der Waals surface area contributed by atoms with Gasteiger partial charge in [0.05, 0.1) is 30.6 Å². The predicted molar refractivity (Wildman–Crippen MR) is 98.6 cm³/mol. The number of fused-ring (bicyclic) bond motifs is 2. The first-order chi connectivity index (χ1) is 12.6. The van der Waals surface area contributed by atoms with Crippen LogP contribution >= 0.6 is 11.3 Å². The fourth-order valence-corrected chi connectivity index (χ4v) is 5.23. The normalized spacial score (nSPS) is 29.3. The van der Waals surface area contributed by atoms with Crippen LogP contribution in [0, 0.1) is 0 Å². The number of thiazole rings is 1. The van der Waals surface area contributed by atoms with E-state index in [2.05, 4.69) is 9.88 Å². The zero-order valence-corrected chi connectivity index (χ0v) is 15.8. The van der Waals surface area contributed by atoms with E-state index in [1.807, 2.05) is 5.38 Å². The van der Waals surface area contributed by atoms with Crippen molar-refractivity contribution in [1.82, 2.24) is 14.3 Å². The molecule has 0 unspecified atom stereocenters. The molecule has 26 heavy (non-hydrogen) atoms. The summed E-state index contributed by atoms with van der Waals surface area (Å²) in [6.07, 6.45) is 5.69. The maximum atomic E-state index is 12.2. The molecule has 7 nitrogen and oxygen atoms in total. The van der Waals surface area contributed by atoms with Crippen LogP contribution in [0.15, 0.2) is 22.4 Å². The third-order valence-corrected chi connectivity index (χ3v) is 6.58. The second-order valence-electron chi connectivity index (χ2n) is 7.14. The Hall–Kier alpha value is -1.32. The van der Waals surface area contributed by atoms with Crippen LogP contribution in [0.2, 0.25) is 0 Å². The van der Waals surface area contributed by atoms with Gasteiger partial charge in [-0.2, -0.15) is 0 Å². The van der Waals surface area contributed by atoms with Crippen molar-refractivity contribution in [1.29, 1.82) is 0 Å². The molecule has 2 fully saturated rings. The lowest BCUT2D eigenvalue weighted by Crippen LogP contribution is -2.51. The van der Waals surface area contributed by atoms with Gasteiger partial charge < -0.3 is 14.6 Å². The summed E-state index contributed by atoms with van der Waals surface area (Å²) in [6, 6.07) is 1.88. The Bertz CT molecular complexity index is 822. The number of aliphatic hydroxyl groups is 1. The average Bonchev–Trinajstić information content (AvgIpc) is 3.26. The molecule has 0 aromatic carbocycles. The fourth-order valence-electron chi connectivity index (χ4n) is 4.49. The van der Waals surface area contributed by atoms with Gasteiger partial charge in [-0.3, -0.25) is 14.1 Å². The van der Waals surface area contributed by atoms with Crippen molar-refractivity contribution in [2.45, 2.75) is 50.0 Å². The molecular weight excluding hydrogens is 354 g/mol. The predicted octanol–water partition coefficient (Wildman–Crippen LogP) is 1.28. The third kappa shape index (κ3) is 3.20. The molecule has 3 heterocycles. The smallest absolute Gasteiger partial charge is 0.258 e. The van der Waals surface area contributed by atoms with Crippen LogP contribution in [0.25, 0.3) is 4.96 Å². The number of methoxy groups -OCH3 is 1. The lowest BCUT2D eigenvalue weighted by molar-refractivity contribution is -0.104. The fraction of sp³-hybridized carbons (Fsp3) is 0.667. The maximum Gasteiger partial charge on any atom is 0.258 e. The van der Waals surface area contributed by atoms with Crippen molar-refractivity contribution in [3.05, 3.63) is 33.7 Å². The quantitative estimate of drug-likeness (QED) is 0.815. The summed E-state index contributed by atoms with van der Waals surface area (Å²) in [7, 11) is 1.80. The molecule has 1 aliphatic heterocycles. The number of rotatable bonds is 6. The highest BCUT2D eigenvalue weighted by Crippen LogP contribution is 2.43. The van der Waals surface area contributed by atoms with Gasteiger partial charge in [0.25, 0.3) is 5.56 Å². The lowest BCUT2D eigenvalue weighted by Gasteiger charge is -2.43. The van der Waals surface area contributed by atoms with E-state index < -0.39 is 0 Å². The minimum absolute atomic E-state index is 0.0312. The summed E-state index contributed by atoms with van der Waals surface area (Å²) in [5, 5.41) is 10.9. The summed E-state index contributed by atoms with van der Waals surface area (Å²) in [5.74, 6) is 0. The van der Waals surface area contributed by atoms with Crippen molar-refractivity contribution in [2.24, 2.45) is 0 Å². The average molecular weight is 379 g/mol. The van der Waals surface area contributed by atoms with Crippen LogP contribution < -0.4 is 5.56 Å². The van der Waals surface area contributed by atoms with E-state index in [0.717, 1.165) is 42.9 Å². The van der Waals surface area contributed by atoms with Crippen molar-refractivity contribution >= 4 is 16.3 Å². The van der Waals surface area contributed by atoms with Crippen molar-refractivity contribution in [3.8, 4) is 0 Å². The maximum absolute atomic E-state index is 12.2. The lowest BCUT2D eigenvalue weighted by atomic mass is 9.79. The van der Waals surface area contributed by atoms with E-state index in [0.29, 0.717) is 13.2 Å². The minimum Gasteiger partial charge on any atom is -0.394 e. The molecule has 1 N–H and O–H groups in total. The van der Waals surface area contributed by atoms with Gasteiger partial charge in [0.2, 0.25) is 0 Å². The van der Waals surface area contributed by atoms with Gasteiger partial charge in [-0.05, 0) is 25.7 Å². The molecule has 2 aliphatic rings. The highest BCUT2D eigenvalue weighted by atomic mass is 32.1. The Morgan fingerprint density at radius 2 is 2.35 bits per heavy atom. The van der Waals surface area contributed by atoms with Crippen LogP contribution in [0.3, 0.4) is 0 Å². The molecule has 0 spiro atoms. The van der Waals surface area contributed by atoms with E-state index >= 15 is 0 Å². The largest absolute Gasteiger partial charge is 0.394 e. The number of hydrogen-bond acceptors (Lipinski definition) is 7. The minimum atomic E-state index is -0.138. The molecule has 142 valence electrons. The van der Waals surface area contributed by atoms with Crippen LogP contribution in [-0.4, -0.2) is 64.0 Å². The van der Waals surface area contributed by atoms with Crippen molar-refractivity contribution < 1.29 is 14.6 Å². The summed E-state index contributed by atoms with van der Waals surface area (Å²) in [5.41, 5.74) is 0.639. The van der Waals surface area contributed by atoms with E-state index in [-0.39, 0.29) is 29.9 Å². The number of hydrogen-bond donors (Lipinski definition) is 1. The highest BCUT2D eigenvalue weighted by Gasteiger charge is 2.51. The number of ether oxygens (including phenoxy) is 2. The topological polar surface area (TPSA) is 76.3 Å². The second kappa shape index (κ2) is 7.36. The van der Waals surface area contributed by atoms with E-state index in [1.165, 1.54) is 11.3 Å². The first-order valence-electron chi connectivity index (χ1n) is 9.12. The molecule has 2 aromatic heterocycles. The Labute approximate surface area is 156 Å². The zero-order chi connectivity index (χ0) is 18.1. The SMILES string of the molecule is CO[C@@]12CC[C@@H](OCCO)C[C@@H]1N(Cc1cc(=O)n3ccsc3n1)CC2. The molecule has 1 saturated heterocycles. The number of aliphatic hydroxyl groups excluding tert-OH is 1. The summed E-state index contributed by atoms with van der Waals surface area (Å²) >= 11 is 1.47. The van der Waals surface area contributed by atoms with Gasteiger partial charge in [0, 0.05) is 43.9 Å². The van der Waals surface area contributed by atoms with Gasteiger partial charge in [0.1, 0.15) is 0 Å². The van der Waals surface area contributed by atoms with Crippen LogP contribution in [0.1, 0.15) is 31.4 Å². The monoisotopic (exact) mass is 379 g/mol. The standard InChI is InChI=1S/C18H25N3O4S/c1-24-18-3-2-14(25-8-7-22)11-15(18)20(5-4-18)12-13-10-16(23)21-6-9-26-17(21)19-13/h6,9-10,14-15,22H,2-5,7-8,11-12H2,1H3/t14-,15+,18-/m1/s1. The van der Waals surface area contributed by atoms with Crippen molar-refractivity contribution in [3.63, 3.8) is 0 Å². The van der Waals surface area contributed by atoms with Crippen molar-refractivity contribution in [2.75, 3.05) is 26.9 Å². The first kappa shape index (κ1) is 18.1. The van der Waals surface area contributed by atoms with E-state index in [4.69, 9.17) is 14.6 Å². The number of aromatic nitrogens is 2. The number of nitrogens with zero attached hydrogens (tertiary/aromatic N) is 3. The Balaban J connectivity index is 1.54. The first-order valence-corrected chi connectivity index (χ1v) is 10.0. The van der Waals surface area contributed by atoms with Crippen LogP contribution in [0.4, 0.5) is 0 Å². The molecule has 4 rings (SSSR count). The van der Waals surface area contributed by atoms with Crippen LogP contribution in [-0.2, 0) is 16.0 Å². The third-order valence-electron chi connectivity index (χ3n) is 5.82. The molecule has 2 aromatic rings.